The molecule has 14 heavy (non-hydrogen) atoms. The van der Waals surface area contributed by atoms with Crippen molar-refractivity contribution in [1.29, 1.82) is 0 Å². The maximum Gasteiger partial charge on any atom is 0.275 e. The zero-order valence-electron chi connectivity index (χ0n) is 7.62. The summed E-state index contributed by atoms with van der Waals surface area (Å²) in [7, 11) is 2.90. The lowest BCUT2D eigenvalue weighted by molar-refractivity contribution is -0.385. The lowest BCUT2D eigenvalue weighted by atomic mass is 10.2. The summed E-state index contributed by atoms with van der Waals surface area (Å²) in [5, 5.41) is 10.2. The van der Waals surface area contributed by atoms with Gasteiger partial charge in [-0.25, -0.2) is 8.78 Å². The van der Waals surface area contributed by atoms with Gasteiger partial charge in [0.05, 0.1) is 17.1 Å². The van der Waals surface area contributed by atoms with E-state index >= 15 is 0 Å². The molecule has 0 N–H and O–H groups in total. The summed E-state index contributed by atoms with van der Waals surface area (Å²) in [4.78, 5) is 10.6. The highest BCUT2D eigenvalue weighted by Crippen LogP contribution is 2.26. The van der Waals surface area contributed by atoms with Gasteiger partial charge >= 0.3 is 0 Å². The minimum Gasteiger partial charge on any atom is -0.373 e. The maximum absolute atomic E-state index is 13.1. The first-order chi connectivity index (χ1) is 6.43. The standard InChI is InChI=1S/C8H8F2N2O2/c1-11(2)8-6(9)3-5(12(13)14)4-7(8)10/h3-4H,1-2H3. The third-order valence-corrected chi connectivity index (χ3v) is 1.66. The molecule has 0 aliphatic heterocycles. The van der Waals surface area contributed by atoms with E-state index in [2.05, 4.69) is 0 Å². The smallest absolute Gasteiger partial charge is 0.275 e. The van der Waals surface area contributed by atoms with E-state index in [1.165, 1.54) is 19.0 Å². The van der Waals surface area contributed by atoms with Crippen LogP contribution in [0, 0.1) is 21.7 Å². The van der Waals surface area contributed by atoms with E-state index in [1.54, 1.807) is 0 Å². The van der Waals surface area contributed by atoms with E-state index in [1.807, 2.05) is 0 Å². The van der Waals surface area contributed by atoms with Gasteiger partial charge in [-0.05, 0) is 0 Å². The van der Waals surface area contributed by atoms with E-state index in [0.717, 1.165) is 0 Å². The summed E-state index contributed by atoms with van der Waals surface area (Å²) in [5.41, 5.74) is -0.874. The van der Waals surface area contributed by atoms with Crippen LogP contribution >= 0.6 is 0 Å². The highest BCUT2D eigenvalue weighted by Gasteiger charge is 2.17. The van der Waals surface area contributed by atoms with E-state index in [9.17, 15) is 18.9 Å². The molecule has 4 nitrogen and oxygen atoms in total. The maximum atomic E-state index is 13.1. The Morgan fingerprint density at radius 1 is 1.29 bits per heavy atom. The van der Waals surface area contributed by atoms with Gasteiger partial charge < -0.3 is 4.90 Å². The molecule has 0 heterocycles. The second kappa shape index (κ2) is 3.57. The van der Waals surface area contributed by atoms with Crippen LogP contribution in [0.5, 0.6) is 0 Å². The van der Waals surface area contributed by atoms with Crippen LogP contribution in [0.3, 0.4) is 0 Å². The van der Waals surface area contributed by atoms with E-state index < -0.39 is 22.2 Å². The van der Waals surface area contributed by atoms with Crippen molar-refractivity contribution in [3.63, 3.8) is 0 Å². The largest absolute Gasteiger partial charge is 0.373 e. The van der Waals surface area contributed by atoms with Crippen molar-refractivity contribution in [2.75, 3.05) is 19.0 Å². The van der Waals surface area contributed by atoms with Crippen molar-refractivity contribution in [3.05, 3.63) is 33.9 Å². The van der Waals surface area contributed by atoms with Crippen molar-refractivity contribution >= 4 is 11.4 Å². The molecule has 76 valence electrons. The van der Waals surface area contributed by atoms with Gasteiger partial charge in [0.25, 0.3) is 5.69 Å². The van der Waals surface area contributed by atoms with Crippen LogP contribution in [0.25, 0.3) is 0 Å². The van der Waals surface area contributed by atoms with Gasteiger partial charge in [0.15, 0.2) is 11.6 Å². The fourth-order valence-electron chi connectivity index (χ4n) is 1.08. The van der Waals surface area contributed by atoms with Crippen molar-refractivity contribution in [2.45, 2.75) is 0 Å². The number of rotatable bonds is 2. The zero-order valence-corrected chi connectivity index (χ0v) is 7.62. The molecule has 0 bridgehead atoms. The SMILES string of the molecule is CN(C)c1c(F)cc([N+](=O)[O-])cc1F. The summed E-state index contributed by atoms with van der Waals surface area (Å²) in [6, 6.07) is 1.39. The van der Waals surface area contributed by atoms with Crippen LogP contribution in [0.15, 0.2) is 12.1 Å². The first-order valence-corrected chi connectivity index (χ1v) is 3.74. The molecule has 0 unspecified atom stereocenters. The number of nitro groups is 1. The van der Waals surface area contributed by atoms with Gasteiger partial charge in [-0.15, -0.1) is 0 Å². The number of nitrogens with zero attached hydrogens (tertiary/aromatic N) is 2. The number of halogens is 2. The molecule has 0 saturated carbocycles. The Hall–Kier alpha value is -1.72. The minimum atomic E-state index is -0.943. The number of anilines is 1. The molecular formula is C8H8F2N2O2. The van der Waals surface area contributed by atoms with E-state index in [-0.39, 0.29) is 5.69 Å². The summed E-state index contributed by atoms with van der Waals surface area (Å²) >= 11 is 0. The summed E-state index contributed by atoms with van der Waals surface area (Å²) < 4.78 is 26.3. The van der Waals surface area contributed by atoms with Crippen molar-refractivity contribution < 1.29 is 13.7 Å². The Kier molecular flexibility index (Phi) is 2.64. The summed E-state index contributed by atoms with van der Waals surface area (Å²) in [6.07, 6.45) is 0. The van der Waals surface area contributed by atoms with Crippen LogP contribution < -0.4 is 4.90 Å². The second-order valence-corrected chi connectivity index (χ2v) is 2.91. The second-order valence-electron chi connectivity index (χ2n) is 2.91. The van der Waals surface area contributed by atoms with Crippen molar-refractivity contribution in [2.24, 2.45) is 0 Å². The molecule has 1 rings (SSSR count). The quantitative estimate of drug-likeness (QED) is 0.543. The zero-order chi connectivity index (χ0) is 10.9. The molecule has 1 aromatic carbocycles. The number of non-ortho nitro benzene ring substituents is 1. The first kappa shape index (κ1) is 10.4. The predicted molar refractivity (Wildman–Crippen MR) is 47.3 cm³/mol. The van der Waals surface area contributed by atoms with Gasteiger partial charge in [0, 0.05) is 14.1 Å². The van der Waals surface area contributed by atoms with Gasteiger partial charge in [-0.3, -0.25) is 10.1 Å². The van der Waals surface area contributed by atoms with Gasteiger partial charge in [-0.2, -0.15) is 0 Å². The molecule has 0 aromatic heterocycles. The number of benzene rings is 1. The fraction of sp³-hybridized carbons (Fsp3) is 0.250. The molecular weight excluding hydrogens is 194 g/mol. The number of hydrogen-bond donors (Lipinski definition) is 0. The molecule has 0 fully saturated rings. The first-order valence-electron chi connectivity index (χ1n) is 3.74. The normalized spacial score (nSPS) is 10.0. The van der Waals surface area contributed by atoms with Crippen LogP contribution in [0.1, 0.15) is 0 Å². The van der Waals surface area contributed by atoms with Gasteiger partial charge in [0.1, 0.15) is 5.69 Å². The lowest BCUT2D eigenvalue weighted by Crippen LogP contribution is -2.13. The topological polar surface area (TPSA) is 46.4 Å². The lowest BCUT2D eigenvalue weighted by Gasteiger charge is -2.13. The average molecular weight is 202 g/mol. The predicted octanol–water partition coefficient (Wildman–Crippen LogP) is 1.94. The van der Waals surface area contributed by atoms with Crippen molar-refractivity contribution in [3.8, 4) is 0 Å². The molecule has 0 radical (unpaired) electrons. The fourth-order valence-corrected chi connectivity index (χ4v) is 1.08. The van der Waals surface area contributed by atoms with Crippen LogP contribution in [-0.4, -0.2) is 19.0 Å². The molecule has 0 aliphatic rings. The molecule has 0 spiro atoms. The summed E-state index contributed by atoms with van der Waals surface area (Å²) in [5.74, 6) is -1.89. The Balaban J connectivity index is 3.32. The Morgan fingerprint density at radius 2 is 1.71 bits per heavy atom. The molecule has 6 heteroatoms. The van der Waals surface area contributed by atoms with E-state index in [0.29, 0.717) is 12.1 Å². The number of hydrogen-bond acceptors (Lipinski definition) is 3. The molecule has 1 aromatic rings. The van der Waals surface area contributed by atoms with Crippen LogP contribution in [0.4, 0.5) is 20.2 Å². The molecule has 0 amide bonds. The van der Waals surface area contributed by atoms with Crippen LogP contribution in [-0.2, 0) is 0 Å². The Bertz CT molecular complexity index is 357. The molecule has 0 atom stereocenters. The third kappa shape index (κ3) is 1.78. The van der Waals surface area contributed by atoms with Crippen LogP contribution in [0.2, 0.25) is 0 Å². The van der Waals surface area contributed by atoms with Gasteiger partial charge in [-0.1, -0.05) is 0 Å². The summed E-state index contributed by atoms with van der Waals surface area (Å²) in [6.45, 7) is 0. The molecule has 0 aliphatic carbocycles. The highest BCUT2D eigenvalue weighted by atomic mass is 19.1. The van der Waals surface area contributed by atoms with E-state index in [4.69, 9.17) is 0 Å². The molecule has 0 saturated heterocycles. The Morgan fingerprint density at radius 3 is 2.00 bits per heavy atom. The highest BCUT2D eigenvalue weighted by molar-refractivity contribution is 5.52. The average Bonchev–Trinajstić information content (AvgIpc) is 2.01. The van der Waals surface area contributed by atoms with Gasteiger partial charge in [0.2, 0.25) is 0 Å². The Labute approximate surface area is 78.9 Å². The monoisotopic (exact) mass is 202 g/mol. The van der Waals surface area contributed by atoms with Crippen molar-refractivity contribution in [1.82, 2.24) is 0 Å². The minimum absolute atomic E-state index is 0.282. The third-order valence-electron chi connectivity index (χ3n) is 1.66. The number of nitro benzene ring substituents is 1.